The lowest BCUT2D eigenvalue weighted by atomic mass is 10.1. The first-order valence-electron chi connectivity index (χ1n) is 8.81. The van der Waals surface area contributed by atoms with Crippen molar-refractivity contribution in [2.24, 2.45) is 0 Å². The van der Waals surface area contributed by atoms with Crippen LogP contribution in [0, 0.1) is 0 Å². The van der Waals surface area contributed by atoms with Crippen LogP contribution < -0.4 is 10.7 Å². The Kier molecular flexibility index (Phi) is 4.88. The van der Waals surface area contributed by atoms with Gasteiger partial charge < -0.3 is 14.5 Å². The number of carbonyl (C=O) groups is 2. The molecule has 142 valence electrons. The second kappa shape index (κ2) is 7.48. The number of hydrogen-bond donors (Lipinski definition) is 1. The topological polar surface area (TPSA) is 85.6 Å². The highest BCUT2D eigenvalue weighted by molar-refractivity contribution is 6.31. The number of ether oxygens (including phenoxy) is 1. The average molecular weight is 398 g/mol. The molecule has 6 nitrogen and oxygen atoms in total. The van der Waals surface area contributed by atoms with Gasteiger partial charge in [0, 0.05) is 22.7 Å². The van der Waals surface area contributed by atoms with Gasteiger partial charge in [0.25, 0.3) is 5.91 Å². The number of halogens is 1. The van der Waals surface area contributed by atoms with Crippen LogP contribution in [0.1, 0.15) is 35.1 Å². The molecule has 0 unspecified atom stereocenters. The summed E-state index contributed by atoms with van der Waals surface area (Å²) in [4.78, 5) is 37.5. The zero-order valence-electron chi connectivity index (χ0n) is 14.7. The van der Waals surface area contributed by atoms with Crippen LogP contribution in [0.15, 0.2) is 63.8 Å². The third-order valence-corrected chi connectivity index (χ3v) is 4.61. The SMILES string of the molecule is O=C(O[C@@H](C(=O)NC1CC1)c1ccccc1)c1cc(=O)c2cc(Cl)ccc2o1. The molecule has 1 saturated carbocycles. The van der Waals surface area contributed by atoms with E-state index < -0.39 is 23.4 Å². The Bertz CT molecular complexity index is 1100. The summed E-state index contributed by atoms with van der Waals surface area (Å²) in [7, 11) is 0. The zero-order valence-corrected chi connectivity index (χ0v) is 15.4. The summed E-state index contributed by atoms with van der Waals surface area (Å²) in [5.74, 6) is -1.58. The number of fused-ring (bicyclic) bond motifs is 1. The molecule has 28 heavy (non-hydrogen) atoms. The van der Waals surface area contributed by atoms with Crippen molar-refractivity contribution in [1.29, 1.82) is 0 Å². The molecule has 1 fully saturated rings. The summed E-state index contributed by atoms with van der Waals surface area (Å²) in [5.41, 5.74) is 0.320. The highest BCUT2D eigenvalue weighted by Gasteiger charge is 2.31. The first kappa shape index (κ1) is 18.3. The summed E-state index contributed by atoms with van der Waals surface area (Å²) in [6.07, 6.45) is 0.674. The van der Waals surface area contributed by atoms with Gasteiger partial charge in [0.15, 0.2) is 5.43 Å². The van der Waals surface area contributed by atoms with Gasteiger partial charge in [-0.1, -0.05) is 41.9 Å². The van der Waals surface area contributed by atoms with Crippen molar-refractivity contribution < 1.29 is 18.7 Å². The van der Waals surface area contributed by atoms with E-state index in [0.717, 1.165) is 18.9 Å². The minimum absolute atomic E-state index is 0.112. The fourth-order valence-electron chi connectivity index (χ4n) is 2.80. The molecule has 1 aliphatic rings. The second-order valence-electron chi connectivity index (χ2n) is 6.59. The largest absolute Gasteiger partial charge is 0.449 e. The highest BCUT2D eigenvalue weighted by atomic mass is 35.5. The minimum Gasteiger partial charge on any atom is -0.449 e. The summed E-state index contributed by atoms with van der Waals surface area (Å²) in [6.45, 7) is 0. The Morgan fingerprint density at radius 1 is 1.11 bits per heavy atom. The van der Waals surface area contributed by atoms with Gasteiger partial charge in [-0.15, -0.1) is 0 Å². The molecule has 0 bridgehead atoms. The molecular weight excluding hydrogens is 382 g/mol. The van der Waals surface area contributed by atoms with Crippen LogP contribution in [0.4, 0.5) is 0 Å². The van der Waals surface area contributed by atoms with Crippen LogP contribution in [0.2, 0.25) is 5.02 Å². The van der Waals surface area contributed by atoms with Crippen LogP contribution in [0.25, 0.3) is 11.0 Å². The van der Waals surface area contributed by atoms with Crippen molar-refractivity contribution >= 4 is 34.4 Å². The van der Waals surface area contributed by atoms with E-state index in [1.54, 1.807) is 36.4 Å². The second-order valence-corrected chi connectivity index (χ2v) is 7.03. The molecule has 1 aliphatic carbocycles. The van der Waals surface area contributed by atoms with E-state index in [1.165, 1.54) is 12.1 Å². The molecule has 0 aliphatic heterocycles. The van der Waals surface area contributed by atoms with Gasteiger partial charge in [-0.25, -0.2) is 4.79 Å². The quantitative estimate of drug-likeness (QED) is 0.664. The fraction of sp³-hybridized carbons (Fsp3) is 0.190. The van der Waals surface area contributed by atoms with Crippen molar-refractivity contribution in [3.63, 3.8) is 0 Å². The maximum atomic E-state index is 12.6. The number of amides is 1. The summed E-state index contributed by atoms with van der Waals surface area (Å²) >= 11 is 5.89. The molecule has 1 heterocycles. The van der Waals surface area contributed by atoms with E-state index >= 15 is 0 Å². The molecule has 0 spiro atoms. The van der Waals surface area contributed by atoms with Crippen LogP contribution >= 0.6 is 11.6 Å². The van der Waals surface area contributed by atoms with E-state index in [4.69, 9.17) is 20.8 Å². The average Bonchev–Trinajstić information content (AvgIpc) is 3.51. The van der Waals surface area contributed by atoms with Crippen LogP contribution in [-0.2, 0) is 9.53 Å². The van der Waals surface area contributed by atoms with E-state index in [9.17, 15) is 14.4 Å². The number of nitrogens with one attached hydrogen (secondary N) is 1. The molecule has 0 saturated heterocycles. The van der Waals surface area contributed by atoms with Gasteiger partial charge >= 0.3 is 5.97 Å². The molecule has 4 rings (SSSR count). The molecule has 2 aromatic carbocycles. The number of rotatable bonds is 5. The molecule has 0 radical (unpaired) electrons. The summed E-state index contributed by atoms with van der Waals surface area (Å²) < 4.78 is 10.9. The first-order chi connectivity index (χ1) is 13.5. The van der Waals surface area contributed by atoms with Crippen molar-refractivity contribution in [3.05, 3.63) is 81.2 Å². The van der Waals surface area contributed by atoms with E-state index in [0.29, 0.717) is 10.6 Å². The highest BCUT2D eigenvalue weighted by Crippen LogP contribution is 2.25. The number of benzene rings is 2. The monoisotopic (exact) mass is 397 g/mol. The first-order valence-corrected chi connectivity index (χ1v) is 9.19. The number of esters is 1. The third kappa shape index (κ3) is 3.92. The lowest BCUT2D eigenvalue weighted by Gasteiger charge is -2.17. The molecule has 1 aromatic heterocycles. The molecule has 3 aromatic rings. The molecular formula is C21H16ClNO5. The van der Waals surface area contributed by atoms with Crippen molar-refractivity contribution in [2.75, 3.05) is 0 Å². The maximum Gasteiger partial charge on any atom is 0.375 e. The Labute approximate surface area is 165 Å². The van der Waals surface area contributed by atoms with Crippen molar-refractivity contribution in [1.82, 2.24) is 5.32 Å². The van der Waals surface area contributed by atoms with Crippen LogP contribution in [0.3, 0.4) is 0 Å². The lowest BCUT2D eigenvalue weighted by molar-refractivity contribution is -0.130. The molecule has 1 atom stereocenters. The zero-order chi connectivity index (χ0) is 19.7. The maximum absolute atomic E-state index is 12.6. The van der Waals surface area contributed by atoms with Gasteiger partial charge in [-0.3, -0.25) is 9.59 Å². The van der Waals surface area contributed by atoms with Gasteiger partial charge in [0.05, 0.1) is 5.39 Å². The number of hydrogen-bond acceptors (Lipinski definition) is 5. The van der Waals surface area contributed by atoms with Crippen molar-refractivity contribution in [2.45, 2.75) is 25.0 Å². The van der Waals surface area contributed by atoms with Gasteiger partial charge in [-0.05, 0) is 31.0 Å². The van der Waals surface area contributed by atoms with E-state index in [1.807, 2.05) is 0 Å². The van der Waals surface area contributed by atoms with Crippen LogP contribution in [0.5, 0.6) is 0 Å². The normalized spacial score (nSPS) is 14.5. The van der Waals surface area contributed by atoms with Crippen molar-refractivity contribution in [3.8, 4) is 0 Å². The smallest absolute Gasteiger partial charge is 0.375 e. The third-order valence-electron chi connectivity index (χ3n) is 4.38. The Morgan fingerprint density at radius 3 is 2.57 bits per heavy atom. The van der Waals surface area contributed by atoms with Gasteiger partial charge in [0.1, 0.15) is 5.58 Å². The minimum atomic E-state index is -1.14. The predicted octanol–water partition coefficient (Wildman–Crippen LogP) is 3.62. The fourth-order valence-corrected chi connectivity index (χ4v) is 2.97. The number of carbonyl (C=O) groups excluding carboxylic acids is 2. The van der Waals surface area contributed by atoms with Gasteiger partial charge in [0.2, 0.25) is 11.9 Å². The summed E-state index contributed by atoms with van der Waals surface area (Å²) in [6, 6.07) is 14.4. The lowest BCUT2D eigenvalue weighted by Crippen LogP contribution is -2.33. The molecule has 7 heteroatoms. The molecule has 1 amide bonds. The predicted molar refractivity (Wildman–Crippen MR) is 103 cm³/mol. The standard InChI is InChI=1S/C21H16ClNO5/c22-13-6-9-17-15(10-13)16(24)11-18(27-17)21(26)28-19(12-4-2-1-3-5-12)20(25)23-14-7-8-14/h1-6,9-11,14,19H,7-8H2,(H,23,25)/t19-/m1/s1. The van der Waals surface area contributed by atoms with Crippen LogP contribution in [-0.4, -0.2) is 17.9 Å². The van der Waals surface area contributed by atoms with Gasteiger partial charge in [-0.2, -0.15) is 0 Å². The Morgan fingerprint density at radius 2 is 1.86 bits per heavy atom. The Balaban J connectivity index is 1.63. The molecule has 1 N–H and O–H groups in total. The Hall–Kier alpha value is -3.12. The van der Waals surface area contributed by atoms with E-state index in [-0.39, 0.29) is 22.8 Å². The van der Waals surface area contributed by atoms with E-state index in [2.05, 4.69) is 5.32 Å². The summed E-state index contributed by atoms with van der Waals surface area (Å²) in [5, 5.41) is 3.48.